The Kier molecular flexibility index (Phi) is 4.75. The van der Waals surface area contributed by atoms with Crippen molar-refractivity contribution in [2.75, 3.05) is 0 Å². The molecule has 0 atom stereocenters. The first-order valence-corrected chi connectivity index (χ1v) is 4.20. The van der Waals surface area contributed by atoms with Gasteiger partial charge in [-0.2, -0.15) is 0 Å². The van der Waals surface area contributed by atoms with E-state index in [9.17, 15) is 4.79 Å². The fraction of sp³-hybridized carbons (Fsp3) is 0.250. The molecule has 70 valence electrons. The average molecular weight is 176 g/mol. The second-order valence-electron chi connectivity index (χ2n) is 2.87. The van der Waals surface area contributed by atoms with Gasteiger partial charge in [0.1, 0.15) is 0 Å². The molecule has 0 heterocycles. The van der Waals surface area contributed by atoms with Gasteiger partial charge in [0.25, 0.3) is 0 Å². The van der Waals surface area contributed by atoms with Crippen LogP contribution in [0.4, 0.5) is 0 Å². The lowest BCUT2D eigenvalue weighted by Gasteiger charge is -2.05. The molecule has 0 bridgehead atoms. The second-order valence-corrected chi connectivity index (χ2v) is 2.87. The Morgan fingerprint density at radius 3 is 2.00 bits per heavy atom. The van der Waals surface area contributed by atoms with Crippen LogP contribution in [0.5, 0.6) is 0 Å². The standard InChI is InChI=1S/C12H16O/c1-6-8-12(10(5)13)11(7-2)9(3)4/h6-8H,2-3H2,1,4-5H3/b8-6-,12-11-. The maximum absolute atomic E-state index is 11.2. The Balaban J connectivity index is 5.38. The van der Waals surface area contributed by atoms with Crippen molar-refractivity contribution >= 4 is 5.78 Å². The van der Waals surface area contributed by atoms with E-state index in [4.69, 9.17) is 0 Å². The molecule has 0 saturated heterocycles. The quantitative estimate of drug-likeness (QED) is 0.475. The van der Waals surface area contributed by atoms with Gasteiger partial charge in [-0.1, -0.05) is 37.0 Å². The van der Waals surface area contributed by atoms with Crippen molar-refractivity contribution in [1.29, 1.82) is 0 Å². The molecule has 0 aromatic carbocycles. The number of carbonyl (C=O) groups is 1. The largest absolute Gasteiger partial charge is 0.294 e. The summed E-state index contributed by atoms with van der Waals surface area (Å²) < 4.78 is 0. The first-order chi connectivity index (χ1) is 6.04. The molecule has 0 fully saturated rings. The van der Waals surface area contributed by atoms with Gasteiger partial charge < -0.3 is 0 Å². The van der Waals surface area contributed by atoms with Crippen molar-refractivity contribution in [1.82, 2.24) is 0 Å². The monoisotopic (exact) mass is 176 g/mol. The molecule has 0 amide bonds. The highest BCUT2D eigenvalue weighted by Gasteiger charge is 2.05. The van der Waals surface area contributed by atoms with Crippen molar-refractivity contribution in [2.24, 2.45) is 0 Å². The van der Waals surface area contributed by atoms with Gasteiger partial charge in [-0.05, 0) is 26.3 Å². The van der Waals surface area contributed by atoms with E-state index in [1.54, 1.807) is 19.1 Å². The summed E-state index contributed by atoms with van der Waals surface area (Å²) >= 11 is 0. The second kappa shape index (κ2) is 5.31. The SMILES string of the molecule is C=C/C(C(=C)C)=C(\C=C/C)C(C)=O. The lowest BCUT2D eigenvalue weighted by atomic mass is 9.99. The maximum atomic E-state index is 11.2. The normalized spacial score (nSPS) is 12.5. The molecule has 0 saturated carbocycles. The van der Waals surface area contributed by atoms with Crippen LogP contribution in [0.1, 0.15) is 20.8 Å². The molecular formula is C12H16O. The Bertz CT molecular complexity index is 290. The Morgan fingerprint density at radius 2 is 1.77 bits per heavy atom. The first kappa shape index (κ1) is 11.6. The van der Waals surface area contributed by atoms with Crippen LogP contribution < -0.4 is 0 Å². The van der Waals surface area contributed by atoms with Crippen molar-refractivity contribution in [3.05, 3.63) is 48.1 Å². The molecule has 0 aromatic rings. The van der Waals surface area contributed by atoms with Crippen LogP contribution in [0, 0.1) is 0 Å². The van der Waals surface area contributed by atoms with Crippen molar-refractivity contribution in [2.45, 2.75) is 20.8 Å². The predicted octanol–water partition coefficient (Wildman–Crippen LogP) is 3.21. The molecule has 0 radical (unpaired) electrons. The summed E-state index contributed by atoms with van der Waals surface area (Å²) in [7, 11) is 0. The molecule has 0 N–H and O–H groups in total. The molecule has 0 aliphatic carbocycles. The predicted molar refractivity (Wildman–Crippen MR) is 57.5 cm³/mol. The number of ketones is 1. The molecule has 0 aromatic heterocycles. The fourth-order valence-corrected chi connectivity index (χ4v) is 1.08. The Hall–Kier alpha value is -1.37. The zero-order valence-electron chi connectivity index (χ0n) is 8.55. The van der Waals surface area contributed by atoms with Gasteiger partial charge in [-0.3, -0.25) is 4.79 Å². The van der Waals surface area contributed by atoms with Gasteiger partial charge in [0, 0.05) is 5.57 Å². The Morgan fingerprint density at radius 1 is 1.23 bits per heavy atom. The fourth-order valence-electron chi connectivity index (χ4n) is 1.08. The van der Waals surface area contributed by atoms with E-state index in [0.717, 1.165) is 11.1 Å². The van der Waals surface area contributed by atoms with Crippen LogP contribution in [0.2, 0.25) is 0 Å². The molecule has 0 unspecified atom stereocenters. The number of hydrogen-bond donors (Lipinski definition) is 0. The molecule has 0 aliphatic heterocycles. The minimum Gasteiger partial charge on any atom is -0.294 e. The number of rotatable bonds is 4. The average Bonchev–Trinajstić information content (AvgIpc) is 2.03. The van der Waals surface area contributed by atoms with Crippen LogP contribution in [0.15, 0.2) is 48.1 Å². The van der Waals surface area contributed by atoms with Crippen LogP contribution in [-0.2, 0) is 4.79 Å². The summed E-state index contributed by atoms with van der Waals surface area (Å²) in [5, 5.41) is 0. The molecule has 0 rings (SSSR count). The van der Waals surface area contributed by atoms with E-state index in [2.05, 4.69) is 13.2 Å². The number of carbonyl (C=O) groups excluding carboxylic acids is 1. The van der Waals surface area contributed by atoms with Crippen LogP contribution in [-0.4, -0.2) is 5.78 Å². The molecule has 13 heavy (non-hydrogen) atoms. The molecule has 1 heteroatoms. The third kappa shape index (κ3) is 3.24. The van der Waals surface area contributed by atoms with E-state index in [-0.39, 0.29) is 5.78 Å². The topological polar surface area (TPSA) is 17.1 Å². The maximum Gasteiger partial charge on any atom is 0.160 e. The van der Waals surface area contributed by atoms with E-state index >= 15 is 0 Å². The van der Waals surface area contributed by atoms with Crippen LogP contribution in [0.25, 0.3) is 0 Å². The lowest BCUT2D eigenvalue weighted by Crippen LogP contribution is -1.98. The van der Waals surface area contributed by atoms with E-state index in [1.165, 1.54) is 0 Å². The van der Waals surface area contributed by atoms with Gasteiger partial charge in [0.2, 0.25) is 0 Å². The van der Waals surface area contributed by atoms with Crippen LogP contribution >= 0.6 is 0 Å². The van der Waals surface area contributed by atoms with Gasteiger partial charge in [0.15, 0.2) is 5.78 Å². The highest BCUT2D eigenvalue weighted by molar-refractivity contribution is 5.98. The summed E-state index contributed by atoms with van der Waals surface area (Å²) in [5.41, 5.74) is 2.36. The van der Waals surface area contributed by atoms with Gasteiger partial charge >= 0.3 is 0 Å². The summed E-state index contributed by atoms with van der Waals surface area (Å²) in [6.07, 6.45) is 5.29. The van der Waals surface area contributed by atoms with E-state index < -0.39 is 0 Å². The smallest absolute Gasteiger partial charge is 0.160 e. The van der Waals surface area contributed by atoms with Crippen molar-refractivity contribution < 1.29 is 4.79 Å². The molecule has 1 nitrogen and oxygen atoms in total. The minimum absolute atomic E-state index is 0.0380. The zero-order valence-corrected chi connectivity index (χ0v) is 8.55. The van der Waals surface area contributed by atoms with Crippen molar-refractivity contribution in [3.8, 4) is 0 Å². The van der Waals surface area contributed by atoms with Crippen LogP contribution in [0.3, 0.4) is 0 Å². The molecule has 0 spiro atoms. The van der Waals surface area contributed by atoms with Gasteiger partial charge in [-0.25, -0.2) is 0 Å². The highest BCUT2D eigenvalue weighted by atomic mass is 16.1. The minimum atomic E-state index is 0.0380. The zero-order chi connectivity index (χ0) is 10.4. The first-order valence-electron chi connectivity index (χ1n) is 4.20. The summed E-state index contributed by atoms with van der Waals surface area (Å²) in [5.74, 6) is 0.0380. The lowest BCUT2D eigenvalue weighted by molar-refractivity contribution is -0.113. The molecule has 0 aliphatic rings. The molecular weight excluding hydrogens is 160 g/mol. The Labute approximate surface area is 80.2 Å². The van der Waals surface area contributed by atoms with Gasteiger partial charge in [-0.15, -0.1) is 0 Å². The number of allylic oxidation sites excluding steroid dienone is 6. The van der Waals surface area contributed by atoms with Crippen molar-refractivity contribution in [3.63, 3.8) is 0 Å². The summed E-state index contributed by atoms with van der Waals surface area (Å²) in [6.45, 7) is 12.7. The number of hydrogen-bond acceptors (Lipinski definition) is 1. The third-order valence-electron chi connectivity index (χ3n) is 1.67. The van der Waals surface area contributed by atoms with Gasteiger partial charge in [0.05, 0.1) is 0 Å². The number of Topliss-reactive ketones (excluding diaryl/α,β-unsaturated/α-hetero) is 1. The van der Waals surface area contributed by atoms with E-state index in [0.29, 0.717) is 5.57 Å². The summed E-state index contributed by atoms with van der Waals surface area (Å²) in [4.78, 5) is 11.2. The summed E-state index contributed by atoms with van der Waals surface area (Å²) in [6, 6.07) is 0. The van der Waals surface area contributed by atoms with E-state index in [1.807, 2.05) is 19.9 Å². The third-order valence-corrected chi connectivity index (χ3v) is 1.67. The highest BCUT2D eigenvalue weighted by Crippen LogP contribution is 2.16.